The molecule has 0 N–H and O–H groups in total. The topological polar surface area (TPSA) is 37.4 Å². The zero-order valence-electron chi connectivity index (χ0n) is 10.8. The molecule has 1 aliphatic carbocycles. The van der Waals surface area contributed by atoms with Crippen LogP contribution in [-0.2, 0) is 22.9 Å². The van der Waals surface area contributed by atoms with Gasteiger partial charge in [0.25, 0.3) is 0 Å². The summed E-state index contributed by atoms with van der Waals surface area (Å²) in [5, 5.41) is 0. The van der Waals surface area contributed by atoms with Crippen LogP contribution in [0.5, 0.6) is 0 Å². The smallest absolute Gasteiger partial charge is 0.207 e. The van der Waals surface area contributed by atoms with E-state index in [1.807, 2.05) is 12.1 Å². The minimum Gasteiger partial charge on any atom is -0.207 e. The molecule has 1 saturated heterocycles. The molecule has 0 amide bonds. The first-order chi connectivity index (χ1) is 9.11. The standard InChI is InChI=1S/C14H18ClNO2S/c15-9-11-6-7-16(10-11)19(17,18)14-5-4-12-2-1-3-13(12)8-14/h4-5,8,11H,1-3,6-7,9-10H2. The predicted octanol–water partition coefficient (Wildman–Crippen LogP) is 2.42. The van der Waals surface area contributed by atoms with E-state index in [2.05, 4.69) is 0 Å². The van der Waals surface area contributed by atoms with Gasteiger partial charge in [-0.25, -0.2) is 8.42 Å². The SMILES string of the molecule is O=S(=O)(c1ccc2c(c1)CCC2)N1CCC(CCl)C1. The summed E-state index contributed by atoms with van der Waals surface area (Å²) in [6, 6.07) is 5.60. The Morgan fingerprint density at radius 2 is 2.05 bits per heavy atom. The van der Waals surface area contributed by atoms with Gasteiger partial charge >= 0.3 is 0 Å². The highest BCUT2D eigenvalue weighted by molar-refractivity contribution is 7.89. The monoisotopic (exact) mass is 299 g/mol. The Morgan fingerprint density at radius 1 is 1.26 bits per heavy atom. The summed E-state index contributed by atoms with van der Waals surface area (Å²) in [6.45, 7) is 1.15. The van der Waals surface area contributed by atoms with E-state index >= 15 is 0 Å². The maximum Gasteiger partial charge on any atom is 0.243 e. The fourth-order valence-electron chi connectivity index (χ4n) is 3.00. The third-order valence-corrected chi connectivity index (χ3v) is 6.47. The number of halogens is 1. The lowest BCUT2D eigenvalue weighted by Crippen LogP contribution is -2.29. The number of hydrogen-bond donors (Lipinski definition) is 0. The number of hydrogen-bond acceptors (Lipinski definition) is 2. The van der Waals surface area contributed by atoms with E-state index in [1.54, 1.807) is 10.4 Å². The lowest BCUT2D eigenvalue weighted by Gasteiger charge is -2.17. The number of aryl methyl sites for hydroxylation is 2. The zero-order chi connectivity index (χ0) is 13.5. The molecule has 1 atom stereocenters. The van der Waals surface area contributed by atoms with Crippen molar-refractivity contribution in [2.75, 3.05) is 19.0 Å². The molecule has 0 saturated carbocycles. The maximum absolute atomic E-state index is 12.6. The molecule has 104 valence electrons. The van der Waals surface area contributed by atoms with Gasteiger partial charge in [-0.2, -0.15) is 4.31 Å². The molecule has 3 nitrogen and oxygen atoms in total. The van der Waals surface area contributed by atoms with Crippen molar-refractivity contribution in [2.45, 2.75) is 30.6 Å². The van der Waals surface area contributed by atoms with E-state index in [4.69, 9.17) is 11.6 Å². The molecule has 0 radical (unpaired) electrons. The summed E-state index contributed by atoms with van der Waals surface area (Å²) in [4.78, 5) is 0.448. The lowest BCUT2D eigenvalue weighted by molar-refractivity contribution is 0.465. The van der Waals surface area contributed by atoms with Crippen LogP contribution in [0.25, 0.3) is 0 Å². The average Bonchev–Trinajstić information content (AvgIpc) is 3.06. The van der Waals surface area contributed by atoms with Gasteiger partial charge in [-0.15, -0.1) is 11.6 Å². The summed E-state index contributed by atoms with van der Waals surface area (Å²) in [7, 11) is -3.33. The van der Waals surface area contributed by atoms with Gasteiger partial charge in [0.05, 0.1) is 4.90 Å². The minimum atomic E-state index is -3.33. The minimum absolute atomic E-state index is 0.297. The molecule has 0 aromatic heterocycles. The number of alkyl halides is 1. The summed E-state index contributed by atoms with van der Waals surface area (Å²) in [6.07, 6.45) is 4.08. The zero-order valence-corrected chi connectivity index (χ0v) is 12.4. The van der Waals surface area contributed by atoms with E-state index in [0.717, 1.165) is 25.7 Å². The molecule has 2 aliphatic rings. The van der Waals surface area contributed by atoms with Crippen LogP contribution < -0.4 is 0 Å². The summed E-state index contributed by atoms with van der Waals surface area (Å²) in [5.74, 6) is 0.835. The molecule has 1 aromatic rings. The maximum atomic E-state index is 12.6. The molecule has 5 heteroatoms. The third-order valence-electron chi connectivity index (χ3n) is 4.17. The normalized spacial score (nSPS) is 23.7. The molecular formula is C14H18ClNO2S. The highest BCUT2D eigenvalue weighted by atomic mass is 35.5. The fraction of sp³-hybridized carbons (Fsp3) is 0.571. The Bertz CT molecular complexity index is 585. The molecule has 1 unspecified atom stereocenters. The molecule has 0 bridgehead atoms. The van der Waals surface area contributed by atoms with Crippen molar-refractivity contribution >= 4 is 21.6 Å². The Hall–Kier alpha value is -0.580. The van der Waals surface area contributed by atoms with Gasteiger partial charge in [0.2, 0.25) is 10.0 Å². The van der Waals surface area contributed by atoms with Crippen molar-refractivity contribution < 1.29 is 8.42 Å². The molecule has 0 spiro atoms. The van der Waals surface area contributed by atoms with Crippen LogP contribution >= 0.6 is 11.6 Å². The predicted molar refractivity (Wildman–Crippen MR) is 76.1 cm³/mol. The van der Waals surface area contributed by atoms with Gasteiger partial charge in [0.15, 0.2) is 0 Å². The summed E-state index contributed by atoms with van der Waals surface area (Å²) in [5.41, 5.74) is 2.51. The van der Waals surface area contributed by atoms with Crippen LogP contribution in [0.3, 0.4) is 0 Å². The Balaban J connectivity index is 1.88. The van der Waals surface area contributed by atoms with Crippen molar-refractivity contribution in [2.24, 2.45) is 5.92 Å². The molecule has 1 heterocycles. The van der Waals surface area contributed by atoms with E-state index < -0.39 is 10.0 Å². The van der Waals surface area contributed by atoms with Crippen molar-refractivity contribution in [1.82, 2.24) is 4.31 Å². The van der Waals surface area contributed by atoms with E-state index in [-0.39, 0.29) is 0 Å². The van der Waals surface area contributed by atoms with Crippen molar-refractivity contribution in [3.63, 3.8) is 0 Å². The first kappa shape index (κ1) is 13.4. The highest BCUT2D eigenvalue weighted by Gasteiger charge is 2.32. The van der Waals surface area contributed by atoms with Gasteiger partial charge in [-0.05, 0) is 54.9 Å². The van der Waals surface area contributed by atoms with E-state index in [9.17, 15) is 8.42 Å². The van der Waals surface area contributed by atoms with Gasteiger partial charge in [0, 0.05) is 19.0 Å². The number of benzene rings is 1. The average molecular weight is 300 g/mol. The fourth-order valence-corrected chi connectivity index (χ4v) is 4.83. The van der Waals surface area contributed by atoms with Crippen LogP contribution in [0, 0.1) is 5.92 Å². The molecular weight excluding hydrogens is 282 g/mol. The molecule has 1 aromatic carbocycles. The Labute approximate surface area is 119 Å². The number of fused-ring (bicyclic) bond motifs is 1. The largest absolute Gasteiger partial charge is 0.243 e. The second-order valence-electron chi connectivity index (χ2n) is 5.46. The van der Waals surface area contributed by atoms with Crippen molar-refractivity contribution in [3.05, 3.63) is 29.3 Å². The molecule has 1 fully saturated rings. The van der Waals surface area contributed by atoms with Gasteiger partial charge in [-0.1, -0.05) is 6.07 Å². The first-order valence-corrected chi connectivity index (χ1v) is 8.76. The van der Waals surface area contributed by atoms with Gasteiger partial charge in [-0.3, -0.25) is 0 Å². The van der Waals surface area contributed by atoms with Crippen LogP contribution in [-0.4, -0.2) is 31.7 Å². The lowest BCUT2D eigenvalue weighted by atomic mass is 10.1. The molecule has 1 aliphatic heterocycles. The third kappa shape index (κ3) is 2.41. The number of sulfonamides is 1. The van der Waals surface area contributed by atoms with E-state index in [1.165, 1.54) is 11.1 Å². The van der Waals surface area contributed by atoms with Crippen molar-refractivity contribution in [3.8, 4) is 0 Å². The van der Waals surface area contributed by atoms with Gasteiger partial charge < -0.3 is 0 Å². The number of rotatable bonds is 3. The van der Waals surface area contributed by atoms with Crippen LogP contribution in [0.4, 0.5) is 0 Å². The Kier molecular flexibility index (Phi) is 3.58. The highest BCUT2D eigenvalue weighted by Crippen LogP contribution is 2.29. The second-order valence-corrected chi connectivity index (χ2v) is 7.70. The van der Waals surface area contributed by atoms with Crippen LogP contribution in [0.2, 0.25) is 0 Å². The second kappa shape index (κ2) is 5.08. The Morgan fingerprint density at radius 3 is 2.79 bits per heavy atom. The number of nitrogens with zero attached hydrogens (tertiary/aromatic N) is 1. The quantitative estimate of drug-likeness (QED) is 0.804. The van der Waals surface area contributed by atoms with Crippen LogP contribution in [0.15, 0.2) is 23.1 Å². The molecule has 3 rings (SSSR count). The summed E-state index contributed by atoms with van der Waals surface area (Å²) < 4.78 is 26.7. The first-order valence-electron chi connectivity index (χ1n) is 6.79. The van der Waals surface area contributed by atoms with Crippen LogP contribution in [0.1, 0.15) is 24.0 Å². The summed E-state index contributed by atoms with van der Waals surface area (Å²) >= 11 is 5.82. The van der Waals surface area contributed by atoms with E-state index in [0.29, 0.717) is 29.8 Å². The van der Waals surface area contributed by atoms with Crippen molar-refractivity contribution in [1.29, 1.82) is 0 Å². The molecule has 19 heavy (non-hydrogen) atoms. The van der Waals surface area contributed by atoms with Gasteiger partial charge in [0.1, 0.15) is 0 Å².